The van der Waals surface area contributed by atoms with Gasteiger partial charge in [0.2, 0.25) is 0 Å². The van der Waals surface area contributed by atoms with Crippen LogP contribution in [0.2, 0.25) is 10.0 Å². The maximum Gasteiger partial charge on any atom is 0.323 e. The highest BCUT2D eigenvalue weighted by atomic mass is 35.5. The van der Waals surface area contributed by atoms with Gasteiger partial charge in [-0.05, 0) is 58.9 Å². The fourth-order valence-electron chi connectivity index (χ4n) is 4.72. The molecule has 0 radical (unpaired) electrons. The lowest BCUT2D eigenvalue weighted by Crippen LogP contribution is -2.35. The van der Waals surface area contributed by atoms with Gasteiger partial charge < -0.3 is 14.7 Å². The fraction of sp³-hybridized carbons (Fsp3) is 0.333. The van der Waals surface area contributed by atoms with Crippen LogP contribution in [0.4, 0.5) is 0 Å². The number of hydrogen-bond donors (Lipinski definition) is 1. The van der Waals surface area contributed by atoms with E-state index in [4.69, 9.17) is 27.9 Å². The minimum Gasteiger partial charge on any atom is -0.487 e. The topological polar surface area (TPSA) is 66.8 Å². The molecule has 194 valence electrons. The van der Waals surface area contributed by atoms with Crippen LogP contribution in [0.1, 0.15) is 60.3 Å². The van der Waals surface area contributed by atoms with Gasteiger partial charge in [0.1, 0.15) is 17.9 Å². The van der Waals surface area contributed by atoms with Gasteiger partial charge in [0.05, 0.1) is 10.0 Å². The Balaban J connectivity index is 1.53. The predicted molar refractivity (Wildman–Crippen MR) is 147 cm³/mol. The number of benzene rings is 3. The van der Waals surface area contributed by atoms with Crippen LogP contribution in [-0.2, 0) is 29.6 Å². The van der Waals surface area contributed by atoms with E-state index in [0.29, 0.717) is 34.2 Å². The molecule has 3 aromatic carbocycles. The first-order chi connectivity index (χ1) is 17.3. The molecule has 5 nitrogen and oxygen atoms in total. The Labute approximate surface area is 228 Å². The largest absolute Gasteiger partial charge is 0.487 e. The lowest BCUT2D eigenvalue weighted by molar-refractivity contribution is -0.137. The number of carboxylic acids is 1. The summed E-state index contributed by atoms with van der Waals surface area (Å²) in [5.41, 5.74) is 3.73. The quantitative estimate of drug-likeness (QED) is 0.352. The summed E-state index contributed by atoms with van der Waals surface area (Å²) in [6, 6.07) is 18.8. The molecule has 7 heteroatoms. The van der Waals surface area contributed by atoms with Crippen molar-refractivity contribution in [3.63, 3.8) is 0 Å². The molecular weight excluding hydrogens is 509 g/mol. The molecule has 1 aliphatic heterocycles. The highest BCUT2D eigenvalue weighted by molar-refractivity contribution is 6.42. The van der Waals surface area contributed by atoms with Gasteiger partial charge in [-0.15, -0.1) is 0 Å². The van der Waals surface area contributed by atoms with Crippen LogP contribution in [0.15, 0.2) is 60.7 Å². The summed E-state index contributed by atoms with van der Waals surface area (Å²) in [6.45, 7) is 8.22. The lowest BCUT2D eigenvalue weighted by Gasteiger charge is -2.24. The van der Waals surface area contributed by atoms with Crippen LogP contribution in [0.25, 0.3) is 0 Å². The van der Waals surface area contributed by atoms with E-state index in [9.17, 15) is 14.7 Å². The first-order valence-electron chi connectivity index (χ1n) is 12.2. The van der Waals surface area contributed by atoms with Crippen LogP contribution in [0.3, 0.4) is 0 Å². The average Bonchev–Trinajstić information content (AvgIpc) is 3.15. The van der Waals surface area contributed by atoms with Crippen molar-refractivity contribution in [3.05, 3.63) is 98.5 Å². The normalized spacial score (nSPS) is 16.7. The van der Waals surface area contributed by atoms with Gasteiger partial charge in [-0.2, -0.15) is 0 Å². The van der Waals surface area contributed by atoms with Gasteiger partial charge in [0, 0.05) is 24.9 Å². The van der Waals surface area contributed by atoms with Crippen molar-refractivity contribution >= 4 is 35.1 Å². The van der Waals surface area contributed by atoms with Gasteiger partial charge in [-0.25, -0.2) is 0 Å². The molecule has 0 spiro atoms. The molecule has 0 bridgehead atoms. The molecular formula is C30H31Cl2NO4. The summed E-state index contributed by atoms with van der Waals surface area (Å²) in [7, 11) is 0. The number of hydrogen-bond acceptors (Lipinski definition) is 3. The third-order valence-corrected chi connectivity index (χ3v) is 7.49. The first kappa shape index (κ1) is 27.0. The molecule has 1 aliphatic rings. The molecule has 0 aromatic heterocycles. The Morgan fingerprint density at radius 3 is 2.41 bits per heavy atom. The van der Waals surface area contributed by atoms with Gasteiger partial charge in [-0.1, -0.05) is 80.4 Å². The molecule has 1 amide bonds. The summed E-state index contributed by atoms with van der Waals surface area (Å²) >= 11 is 12.6. The standard InChI is InChI=1S/C30H31Cl2NO4/c1-29(2,3)23-11-8-19(9-12-23)17-33(18-26(34)35)28(36)20-10-13-25-22(14-20)16-30(4,37-25)15-21-6-5-7-24(31)27(21)32/h5-14H,15-18H2,1-4H3,(H,34,35)/t30-/m1/s1. The molecule has 0 unspecified atom stereocenters. The number of amides is 1. The van der Waals surface area contributed by atoms with Gasteiger partial charge in [-0.3, -0.25) is 9.59 Å². The Morgan fingerprint density at radius 1 is 1.05 bits per heavy atom. The third kappa shape index (κ3) is 6.28. The zero-order valence-corrected chi connectivity index (χ0v) is 23.0. The van der Waals surface area contributed by atoms with Crippen molar-refractivity contribution < 1.29 is 19.4 Å². The van der Waals surface area contributed by atoms with Crippen molar-refractivity contribution in [2.45, 2.75) is 58.1 Å². The van der Waals surface area contributed by atoms with Gasteiger partial charge >= 0.3 is 5.97 Å². The van der Waals surface area contributed by atoms with Crippen molar-refractivity contribution in [2.24, 2.45) is 0 Å². The molecule has 37 heavy (non-hydrogen) atoms. The Kier molecular flexibility index (Phi) is 7.59. The van der Waals surface area contributed by atoms with Crippen LogP contribution >= 0.6 is 23.2 Å². The molecule has 4 rings (SSSR count). The summed E-state index contributed by atoms with van der Waals surface area (Å²) in [5.74, 6) is -0.688. The number of carbonyl (C=O) groups excluding carboxylic acids is 1. The lowest BCUT2D eigenvalue weighted by atomic mass is 9.87. The van der Waals surface area contributed by atoms with Gasteiger partial charge in [0.25, 0.3) is 5.91 Å². The molecule has 0 saturated carbocycles. The molecule has 1 heterocycles. The summed E-state index contributed by atoms with van der Waals surface area (Å²) in [6.07, 6.45) is 1.14. The summed E-state index contributed by atoms with van der Waals surface area (Å²) in [5, 5.41) is 10.5. The van der Waals surface area contributed by atoms with E-state index in [1.165, 1.54) is 10.5 Å². The highest BCUT2D eigenvalue weighted by Crippen LogP contribution is 2.39. The van der Waals surface area contributed by atoms with Crippen LogP contribution in [0.5, 0.6) is 5.75 Å². The zero-order valence-electron chi connectivity index (χ0n) is 21.5. The van der Waals surface area contributed by atoms with E-state index < -0.39 is 18.1 Å². The SMILES string of the molecule is CC(C)(C)c1ccc(CN(CC(=O)O)C(=O)c2ccc3c(c2)C[C@@](C)(Cc2cccc(Cl)c2Cl)O3)cc1. The summed E-state index contributed by atoms with van der Waals surface area (Å²) < 4.78 is 6.27. The fourth-order valence-corrected chi connectivity index (χ4v) is 5.10. The van der Waals surface area contributed by atoms with Crippen molar-refractivity contribution in [1.82, 2.24) is 4.90 Å². The molecule has 1 N–H and O–H groups in total. The van der Waals surface area contributed by atoms with E-state index in [-0.39, 0.29) is 17.9 Å². The van der Waals surface area contributed by atoms with Crippen molar-refractivity contribution in [1.29, 1.82) is 0 Å². The second-order valence-corrected chi connectivity index (χ2v) is 11.7. The van der Waals surface area contributed by atoms with Crippen LogP contribution in [0, 0.1) is 0 Å². The maximum absolute atomic E-state index is 13.4. The number of nitrogens with zero attached hydrogens (tertiary/aromatic N) is 1. The first-order valence-corrected chi connectivity index (χ1v) is 13.0. The third-order valence-electron chi connectivity index (χ3n) is 6.63. The Bertz CT molecular complexity index is 1330. The molecule has 0 aliphatic carbocycles. The Morgan fingerprint density at radius 2 is 1.76 bits per heavy atom. The van der Waals surface area contributed by atoms with E-state index >= 15 is 0 Å². The second kappa shape index (κ2) is 10.4. The number of carbonyl (C=O) groups is 2. The zero-order chi connectivity index (χ0) is 27.0. The van der Waals surface area contributed by atoms with Gasteiger partial charge in [0.15, 0.2) is 0 Å². The van der Waals surface area contributed by atoms with E-state index in [1.54, 1.807) is 24.3 Å². The minimum absolute atomic E-state index is 0.00813. The summed E-state index contributed by atoms with van der Waals surface area (Å²) in [4.78, 5) is 26.4. The van der Waals surface area contributed by atoms with E-state index in [2.05, 4.69) is 20.8 Å². The molecule has 0 fully saturated rings. The van der Waals surface area contributed by atoms with Crippen molar-refractivity contribution in [3.8, 4) is 5.75 Å². The number of aliphatic carboxylic acids is 1. The minimum atomic E-state index is -1.06. The number of ether oxygens (including phenoxy) is 1. The monoisotopic (exact) mass is 539 g/mol. The number of rotatable bonds is 7. The molecule has 1 atom stereocenters. The van der Waals surface area contributed by atoms with Crippen molar-refractivity contribution in [2.75, 3.05) is 6.54 Å². The van der Waals surface area contributed by atoms with E-state index in [1.807, 2.05) is 43.3 Å². The highest BCUT2D eigenvalue weighted by Gasteiger charge is 2.36. The van der Waals surface area contributed by atoms with Crippen LogP contribution in [-0.4, -0.2) is 34.0 Å². The molecule has 3 aromatic rings. The number of halogens is 2. The number of carboxylic acid groups (broad SMARTS) is 1. The number of fused-ring (bicyclic) bond motifs is 1. The smallest absolute Gasteiger partial charge is 0.323 e. The van der Waals surface area contributed by atoms with E-state index in [0.717, 1.165) is 16.7 Å². The predicted octanol–water partition coefficient (Wildman–Crippen LogP) is 6.95. The molecule has 0 saturated heterocycles. The average molecular weight is 540 g/mol. The Hall–Kier alpha value is -3.02. The second-order valence-electron chi connectivity index (χ2n) is 10.9. The van der Waals surface area contributed by atoms with Crippen LogP contribution < -0.4 is 4.74 Å². The maximum atomic E-state index is 13.4.